The highest BCUT2D eigenvalue weighted by Crippen LogP contribution is 2.23. The van der Waals surface area contributed by atoms with Crippen LogP contribution in [0.1, 0.15) is 108 Å². The van der Waals surface area contributed by atoms with Gasteiger partial charge < -0.3 is 64.4 Å². The number of hydrogen-bond donors (Lipinski definition) is 12. The van der Waals surface area contributed by atoms with Crippen LogP contribution in [-0.4, -0.2) is 124 Å². The average molecular weight is 872 g/mol. The molecule has 0 saturated carbocycles. The van der Waals surface area contributed by atoms with Crippen LogP contribution >= 0.6 is 0 Å². The van der Waals surface area contributed by atoms with Crippen LogP contribution in [0.15, 0.2) is 0 Å². The lowest BCUT2D eigenvalue weighted by Gasteiger charge is -2.32. The maximum atomic E-state index is 13.8. The highest BCUT2D eigenvalue weighted by atomic mass is 16.4. The number of hydrogen-bond acceptors (Lipinski definition) is 12. The number of rotatable bonds is 29. The second-order valence-corrected chi connectivity index (χ2v) is 17.1. The van der Waals surface area contributed by atoms with E-state index in [1.807, 2.05) is 20.8 Å². The van der Waals surface area contributed by atoms with Crippen LogP contribution in [-0.2, 0) is 43.2 Å². The molecule has 0 aromatic heterocycles. The molecule has 21 heteroatoms. The number of aliphatic carboxylic acids is 1. The molecule has 0 fully saturated rings. The van der Waals surface area contributed by atoms with E-state index < -0.39 is 145 Å². The zero-order valence-electron chi connectivity index (χ0n) is 37.3. The lowest BCUT2D eigenvalue weighted by Crippen LogP contribution is -2.60. The summed E-state index contributed by atoms with van der Waals surface area (Å²) in [5.41, 5.74) is 16.6. The van der Waals surface area contributed by atoms with E-state index in [1.54, 1.807) is 48.5 Å². The fraction of sp³-hybridized carbons (Fsp3) is 0.775. The first-order chi connectivity index (χ1) is 28.2. The van der Waals surface area contributed by atoms with E-state index in [4.69, 9.17) is 17.2 Å². The summed E-state index contributed by atoms with van der Waals surface area (Å²) in [6.45, 7) is 16.3. The quantitative estimate of drug-likeness (QED) is 0.0383. The Kier molecular flexibility index (Phi) is 25.0. The molecule has 0 aromatic carbocycles. The summed E-state index contributed by atoms with van der Waals surface area (Å²) in [4.78, 5) is 116. The molecule has 0 heterocycles. The third kappa shape index (κ3) is 20.0. The number of aliphatic hydroxyl groups is 2. The maximum absolute atomic E-state index is 13.8. The highest BCUT2D eigenvalue weighted by molar-refractivity contribution is 5.96. The number of carbonyl (C=O) groups excluding carboxylic acids is 8. The van der Waals surface area contributed by atoms with Gasteiger partial charge in [-0.15, -0.1) is 0 Å². The Bertz CT molecular complexity index is 1510. The van der Waals surface area contributed by atoms with Crippen molar-refractivity contribution in [2.24, 2.45) is 52.7 Å². The normalized spacial score (nSPS) is 16.5. The van der Waals surface area contributed by atoms with E-state index in [0.29, 0.717) is 6.42 Å². The first-order valence-electron chi connectivity index (χ1n) is 20.8. The summed E-state index contributed by atoms with van der Waals surface area (Å²) in [5, 5.41) is 45.9. The number of aliphatic hydroxyl groups excluding tert-OH is 2. The standard InChI is InChI=1S/C40H73N9O12/c1-11-22(10)33(39(59)48-32(21(8)9)40(60)61)49-34(54)23(19(4)5)15-28(51)25(14-18(2)3)45-36(56)26(16-30(42)53)46-35(55)24(12-13-29(41)52)44-37(57)27(17-50)47-38(58)31(43)20(6)7/h18-28,31-33,50-51H,11-17,43H2,1-10H3,(H2,41,52)(H2,42,53)(H,44,57)(H,45,56)(H,46,55)(H,47,58)(H,48,59)(H,49,54)(H,60,61)/t22-,23?,24-,25-,26-,27-,28-,31-,32-,33-/m0/s1. The Balaban J connectivity index is 6.44. The Morgan fingerprint density at radius 1 is 0.574 bits per heavy atom. The van der Waals surface area contributed by atoms with Crippen LogP contribution in [0, 0.1) is 35.5 Å². The molecule has 0 aromatic rings. The molecule has 0 aliphatic heterocycles. The van der Waals surface area contributed by atoms with Crippen molar-refractivity contribution in [2.75, 3.05) is 6.61 Å². The van der Waals surface area contributed by atoms with Crippen molar-refractivity contribution in [2.45, 2.75) is 156 Å². The molecule has 0 aliphatic rings. The van der Waals surface area contributed by atoms with Gasteiger partial charge in [0.05, 0.1) is 31.2 Å². The van der Waals surface area contributed by atoms with Gasteiger partial charge in [-0.3, -0.25) is 38.4 Å². The Morgan fingerprint density at radius 2 is 1.08 bits per heavy atom. The van der Waals surface area contributed by atoms with Gasteiger partial charge in [0.15, 0.2) is 0 Å². The van der Waals surface area contributed by atoms with Crippen molar-refractivity contribution in [1.29, 1.82) is 0 Å². The van der Waals surface area contributed by atoms with Crippen LogP contribution in [0.5, 0.6) is 0 Å². The second-order valence-electron chi connectivity index (χ2n) is 17.1. The van der Waals surface area contributed by atoms with E-state index in [2.05, 4.69) is 31.9 Å². The molecule has 21 nitrogen and oxygen atoms in total. The Hall–Kier alpha value is -4.89. The van der Waals surface area contributed by atoms with E-state index in [-0.39, 0.29) is 31.1 Å². The van der Waals surface area contributed by atoms with Gasteiger partial charge in [-0.1, -0.05) is 75.7 Å². The molecule has 0 aliphatic carbocycles. The van der Waals surface area contributed by atoms with E-state index in [9.17, 15) is 58.5 Å². The molecule has 8 amide bonds. The minimum absolute atomic E-state index is 0.138. The molecule has 61 heavy (non-hydrogen) atoms. The number of carboxylic acid groups (broad SMARTS) is 1. The summed E-state index contributed by atoms with van der Waals surface area (Å²) >= 11 is 0. The van der Waals surface area contributed by atoms with Gasteiger partial charge in [0.2, 0.25) is 47.3 Å². The number of carboxylic acids is 1. The van der Waals surface area contributed by atoms with Crippen molar-refractivity contribution in [3.8, 4) is 0 Å². The van der Waals surface area contributed by atoms with E-state index in [0.717, 1.165) is 0 Å². The Morgan fingerprint density at radius 3 is 1.52 bits per heavy atom. The summed E-state index contributed by atoms with van der Waals surface area (Å²) in [7, 11) is 0. The van der Waals surface area contributed by atoms with E-state index >= 15 is 0 Å². The predicted molar refractivity (Wildman–Crippen MR) is 224 cm³/mol. The largest absolute Gasteiger partial charge is 0.480 e. The molecular weight excluding hydrogens is 798 g/mol. The van der Waals surface area contributed by atoms with Gasteiger partial charge in [-0.05, 0) is 48.9 Å². The first kappa shape index (κ1) is 56.1. The van der Waals surface area contributed by atoms with Crippen LogP contribution in [0.4, 0.5) is 0 Å². The van der Waals surface area contributed by atoms with Crippen molar-refractivity contribution >= 4 is 53.2 Å². The molecule has 0 bridgehead atoms. The third-order valence-electron chi connectivity index (χ3n) is 10.4. The predicted octanol–water partition coefficient (Wildman–Crippen LogP) is -2.13. The van der Waals surface area contributed by atoms with Crippen LogP contribution < -0.4 is 49.1 Å². The fourth-order valence-electron chi connectivity index (χ4n) is 6.20. The van der Waals surface area contributed by atoms with Gasteiger partial charge in [0.25, 0.3) is 0 Å². The van der Waals surface area contributed by atoms with Crippen molar-refractivity contribution in [1.82, 2.24) is 31.9 Å². The van der Waals surface area contributed by atoms with Crippen molar-refractivity contribution in [3.63, 3.8) is 0 Å². The van der Waals surface area contributed by atoms with Crippen molar-refractivity contribution in [3.05, 3.63) is 0 Å². The minimum atomic E-state index is -1.67. The van der Waals surface area contributed by atoms with Crippen molar-refractivity contribution < 1.29 is 58.5 Å². The molecule has 350 valence electrons. The average Bonchev–Trinajstić information content (AvgIpc) is 3.15. The molecule has 0 rings (SSSR count). The van der Waals surface area contributed by atoms with Gasteiger partial charge in [-0.25, -0.2) is 4.79 Å². The summed E-state index contributed by atoms with van der Waals surface area (Å²) in [5.74, 6) is -10.8. The fourth-order valence-corrected chi connectivity index (χ4v) is 6.20. The van der Waals surface area contributed by atoms with Crippen LogP contribution in [0.25, 0.3) is 0 Å². The lowest BCUT2D eigenvalue weighted by molar-refractivity contribution is -0.144. The molecule has 10 atom stereocenters. The Labute approximate surface area is 358 Å². The first-order valence-corrected chi connectivity index (χ1v) is 20.8. The number of amides is 8. The summed E-state index contributed by atoms with van der Waals surface area (Å²) in [6, 6.07) is -9.19. The zero-order valence-corrected chi connectivity index (χ0v) is 37.3. The van der Waals surface area contributed by atoms with Gasteiger partial charge in [-0.2, -0.15) is 0 Å². The molecule has 15 N–H and O–H groups in total. The van der Waals surface area contributed by atoms with Gasteiger partial charge >= 0.3 is 5.97 Å². The molecule has 0 spiro atoms. The number of carbonyl (C=O) groups is 9. The monoisotopic (exact) mass is 872 g/mol. The number of nitrogens with one attached hydrogen (secondary N) is 6. The molecule has 0 radical (unpaired) electrons. The summed E-state index contributed by atoms with van der Waals surface area (Å²) < 4.78 is 0. The maximum Gasteiger partial charge on any atom is 0.326 e. The minimum Gasteiger partial charge on any atom is -0.480 e. The summed E-state index contributed by atoms with van der Waals surface area (Å²) in [6.07, 6.45) is -2.52. The third-order valence-corrected chi connectivity index (χ3v) is 10.4. The van der Waals surface area contributed by atoms with Gasteiger partial charge in [0, 0.05) is 12.3 Å². The smallest absolute Gasteiger partial charge is 0.326 e. The topological polar surface area (TPSA) is 365 Å². The number of primary amides is 2. The van der Waals surface area contributed by atoms with Gasteiger partial charge in [0.1, 0.15) is 30.2 Å². The molecule has 1 unspecified atom stereocenters. The number of nitrogens with two attached hydrogens (primary N) is 3. The highest BCUT2D eigenvalue weighted by Gasteiger charge is 2.37. The second kappa shape index (κ2) is 27.1. The SMILES string of the molecule is CC[C@H](C)[C@H](NC(=O)C(C[C@H](O)[C@H](CC(C)C)NC(=O)[C@H](CC(N)=O)NC(=O)[C@H](CCC(N)=O)NC(=O)[C@H](CO)NC(=O)[C@@H](N)C(C)C)C(C)C)C(=O)N[C@H](C(=O)O)C(C)C. The zero-order chi connectivity index (χ0) is 47.5. The molecule has 0 saturated heterocycles. The van der Waals surface area contributed by atoms with E-state index in [1.165, 1.54) is 0 Å². The van der Waals surface area contributed by atoms with Crippen LogP contribution in [0.3, 0.4) is 0 Å². The van der Waals surface area contributed by atoms with Crippen LogP contribution in [0.2, 0.25) is 0 Å². The molecular formula is C40H73N9O12. The lowest BCUT2D eigenvalue weighted by atomic mass is 9.85.